The van der Waals surface area contributed by atoms with Gasteiger partial charge >= 0.3 is 0 Å². The summed E-state index contributed by atoms with van der Waals surface area (Å²) in [7, 11) is -2.96. The Morgan fingerprint density at radius 1 is 0.318 bits per heavy atom. The molecule has 0 unspecified atom stereocenters. The van der Waals surface area contributed by atoms with Gasteiger partial charge in [-0.15, -0.1) is 0 Å². The molecule has 5 rings (SSSR count). The summed E-state index contributed by atoms with van der Waals surface area (Å²) in [5.74, 6) is 0. The molecule has 0 nitrogen and oxygen atoms in total. The Morgan fingerprint density at radius 3 is 0.879 bits per heavy atom. The van der Waals surface area contributed by atoms with Crippen molar-refractivity contribution < 1.29 is 0 Å². The van der Waals surface area contributed by atoms with Gasteiger partial charge in [0.05, 0.1) is 0 Å². The molecule has 0 heterocycles. The highest BCUT2D eigenvalue weighted by molar-refractivity contribution is 7.17. The van der Waals surface area contributed by atoms with E-state index in [-0.39, 0.29) is 0 Å². The van der Waals surface area contributed by atoms with Crippen molar-refractivity contribution in [1.82, 2.24) is 0 Å². The second-order valence-electron chi connectivity index (χ2n) is 20.6. The highest BCUT2D eigenvalue weighted by atomic mass is 28.3. The van der Waals surface area contributed by atoms with Gasteiger partial charge in [-0.05, 0) is 149 Å². The molecule has 1 aliphatic rings. The maximum Gasteiger partial charge on any atom is 0.179 e. The molecule has 0 amide bonds. The molecule has 1 aliphatic carbocycles. The summed E-state index contributed by atoms with van der Waals surface area (Å²) >= 11 is 0. The maximum absolute atomic E-state index is 2.96. The first-order valence-electron chi connectivity index (χ1n) is 28.4. The van der Waals surface area contributed by atoms with E-state index in [2.05, 4.69) is 139 Å². The fourth-order valence-electron chi connectivity index (χ4n) is 11.1. The lowest BCUT2D eigenvalue weighted by atomic mass is 10.00. The van der Waals surface area contributed by atoms with Gasteiger partial charge in [0.25, 0.3) is 0 Å². The number of rotatable bonds is 35. The zero-order chi connectivity index (χ0) is 46.7. The van der Waals surface area contributed by atoms with Crippen molar-refractivity contribution in [2.24, 2.45) is 0 Å². The predicted molar refractivity (Wildman–Crippen MR) is 298 cm³/mol. The van der Waals surface area contributed by atoms with Crippen LogP contribution in [0.4, 0.5) is 0 Å². The monoisotopic (exact) mass is 905 g/mol. The molecular formula is C65H96Si. The summed E-state index contributed by atoms with van der Waals surface area (Å²) in [5, 5.41) is 6.59. The summed E-state index contributed by atoms with van der Waals surface area (Å²) in [6.45, 7) is 14.1. The molecule has 0 radical (unpaired) electrons. The van der Waals surface area contributed by atoms with Crippen LogP contribution in [0, 0.1) is 0 Å². The molecule has 0 fully saturated rings. The molecule has 1 heteroatoms. The van der Waals surface area contributed by atoms with E-state index in [4.69, 9.17) is 0 Å². The number of allylic oxidation sites excluding steroid dienone is 4. The maximum atomic E-state index is 2.79. The molecule has 0 atom stereocenters. The standard InChI is InChI=1S/C65H96Si/c1-7-13-19-26-35-54-45-55(36-27-20-14-8-2)49-61(48-54)66(65-44-34-43-64(65)60-41-32-25-33-42-60,62-50-56(37-28-21-15-9-3)46-57(51-62)38-29-22-16-10-4)63-52-58(39-30-23-17-11-5)47-59(53-63)40-31-24-18-12-6/h25,32-33,41-53H,7-24,26-31,34-40H2,1-6H3. The van der Waals surface area contributed by atoms with Gasteiger partial charge in [-0.25, -0.2) is 0 Å². The number of benzene rings is 4. The van der Waals surface area contributed by atoms with Crippen LogP contribution in [-0.4, -0.2) is 8.07 Å². The van der Waals surface area contributed by atoms with Gasteiger partial charge in [-0.1, -0.05) is 254 Å². The molecule has 0 saturated heterocycles. The third kappa shape index (κ3) is 16.4. The third-order valence-corrected chi connectivity index (χ3v) is 19.5. The molecule has 4 aromatic rings. The van der Waals surface area contributed by atoms with Crippen molar-refractivity contribution >= 4 is 29.2 Å². The van der Waals surface area contributed by atoms with E-state index in [0.29, 0.717) is 0 Å². The van der Waals surface area contributed by atoms with Crippen LogP contribution >= 0.6 is 0 Å². The highest BCUT2D eigenvalue weighted by Crippen LogP contribution is 2.37. The van der Waals surface area contributed by atoms with Crippen molar-refractivity contribution in [3.63, 3.8) is 0 Å². The van der Waals surface area contributed by atoms with Crippen LogP contribution in [0.25, 0.3) is 5.57 Å². The minimum Gasteiger partial charge on any atom is -0.0798 e. The molecule has 0 bridgehead atoms. The first kappa shape index (κ1) is 53.5. The van der Waals surface area contributed by atoms with Gasteiger partial charge in [-0.3, -0.25) is 0 Å². The van der Waals surface area contributed by atoms with E-state index in [1.165, 1.54) is 204 Å². The molecule has 360 valence electrons. The fraction of sp³-hybridized carbons (Fsp3) is 0.569. The molecule has 0 spiro atoms. The first-order chi connectivity index (χ1) is 32.5. The first-order valence-corrected chi connectivity index (χ1v) is 30.4. The summed E-state index contributed by atoms with van der Waals surface area (Å²) < 4.78 is 0. The van der Waals surface area contributed by atoms with Crippen molar-refractivity contribution in [3.8, 4) is 0 Å². The van der Waals surface area contributed by atoms with E-state index < -0.39 is 8.07 Å². The molecule has 0 aliphatic heterocycles. The van der Waals surface area contributed by atoms with Crippen molar-refractivity contribution in [2.75, 3.05) is 0 Å². The Labute approximate surface area is 409 Å². The zero-order valence-corrected chi connectivity index (χ0v) is 44.7. The Kier molecular flexibility index (Phi) is 25.0. The Bertz CT molecular complexity index is 1750. The molecular weight excluding hydrogens is 809 g/mol. The molecule has 0 N–H and O–H groups in total. The minimum atomic E-state index is -2.96. The molecule has 0 saturated carbocycles. The highest BCUT2D eigenvalue weighted by Gasteiger charge is 2.46. The smallest absolute Gasteiger partial charge is 0.0798 e. The van der Waals surface area contributed by atoms with Crippen molar-refractivity contribution in [1.29, 1.82) is 0 Å². The van der Waals surface area contributed by atoms with Gasteiger partial charge in [0, 0.05) is 0 Å². The van der Waals surface area contributed by atoms with Gasteiger partial charge < -0.3 is 0 Å². The minimum absolute atomic E-state index is 1.01. The van der Waals surface area contributed by atoms with Crippen LogP contribution in [0.2, 0.25) is 0 Å². The lowest BCUT2D eigenvalue weighted by molar-refractivity contribution is 0.661. The topological polar surface area (TPSA) is 0 Å². The number of hydrogen-bond acceptors (Lipinski definition) is 0. The average molecular weight is 906 g/mol. The largest absolute Gasteiger partial charge is 0.179 e. The Hall–Kier alpha value is -3.42. The molecule has 4 aromatic carbocycles. The van der Waals surface area contributed by atoms with E-state index in [1.807, 2.05) is 0 Å². The quantitative estimate of drug-likeness (QED) is 0.0245. The number of aryl methyl sites for hydroxylation is 6. The second kappa shape index (κ2) is 30.9. The molecule has 66 heavy (non-hydrogen) atoms. The van der Waals surface area contributed by atoms with Gasteiger partial charge in [0.2, 0.25) is 0 Å². The van der Waals surface area contributed by atoms with E-state index in [1.54, 1.807) is 54.1 Å². The summed E-state index contributed by atoms with van der Waals surface area (Å²) in [6.07, 6.45) is 44.8. The summed E-state index contributed by atoms with van der Waals surface area (Å²) in [4.78, 5) is 0. The SMILES string of the molecule is CCCCCCc1cc(CCCCCC)cc([Si](C2=CCC=C2c2ccccc2)(c2cc(CCCCCC)cc(CCCCCC)c2)c2cc(CCCCCC)cc(CCCCCC)c2)c1. The molecule has 0 aromatic heterocycles. The second-order valence-corrected chi connectivity index (χ2v) is 24.3. The Morgan fingerprint density at radius 2 is 0.606 bits per heavy atom. The fourth-order valence-corrected chi connectivity index (χ4v) is 16.5. The third-order valence-electron chi connectivity index (χ3n) is 14.8. The van der Waals surface area contributed by atoms with Gasteiger partial charge in [0.15, 0.2) is 8.07 Å². The van der Waals surface area contributed by atoms with E-state index in [0.717, 1.165) is 6.42 Å². The lowest BCUT2D eigenvalue weighted by Crippen LogP contribution is -2.69. The summed E-state index contributed by atoms with van der Waals surface area (Å²) in [5.41, 5.74) is 12.4. The predicted octanol–water partition coefficient (Wildman–Crippen LogP) is 17.8. The number of unbranched alkanes of at least 4 members (excludes halogenated alkanes) is 18. The van der Waals surface area contributed by atoms with E-state index in [9.17, 15) is 0 Å². The normalized spacial score (nSPS) is 12.8. The van der Waals surface area contributed by atoms with Crippen molar-refractivity contribution in [3.05, 3.63) is 141 Å². The Balaban J connectivity index is 1.90. The van der Waals surface area contributed by atoms with Crippen LogP contribution < -0.4 is 15.6 Å². The zero-order valence-electron chi connectivity index (χ0n) is 43.7. The van der Waals surface area contributed by atoms with Crippen LogP contribution in [0.15, 0.2) is 102 Å². The lowest BCUT2D eigenvalue weighted by Gasteiger charge is -2.38. The van der Waals surface area contributed by atoms with Crippen LogP contribution in [0.3, 0.4) is 0 Å². The van der Waals surface area contributed by atoms with Crippen LogP contribution in [0.1, 0.15) is 241 Å². The number of hydrogen-bond donors (Lipinski definition) is 0. The van der Waals surface area contributed by atoms with Gasteiger partial charge in [-0.2, -0.15) is 0 Å². The van der Waals surface area contributed by atoms with Crippen molar-refractivity contribution in [2.45, 2.75) is 241 Å². The average Bonchev–Trinajstić information content (AvgIpc) is 3.83. The summed E-state index contributed by atoms with van der Waals surface area (Å²) in [6, 6.07) is 36.3. The van der Waals surface area contributed by atoms with Crippen LogP contribution in [-0.2, 0) is 38.5 Å². The van der Waals surface area contributed by atoms with E-state index >= 15 is 0 Å². The van der Waals surface area contributed by atoms with Crippen LogP contribution in [0.5, 0.6) is 0 Å². The van der Waals surface area contributed by atoms with Gasteiger partial charge in [0.1, 0.15) is 0 Å².